The standard InChI is InChI=1S/C23H17ClN4O3S/c1-14-4-2-8-27-20(29)11-16(25-21(14)27)13-32-23-26-19-10-15(24)6-7-18(19)22(30)28(23)12-17-5-3-9-31-17/h2-11H,12-13H2,1H3. The molecular formula is C23H17ClN4O3S. The van der Waals surface area contributed by atoms with Gasteiger partial charge in [-0.3, -0.25) is 18.6 Å². The number of aryl methyl sites for hydroxylation is 1. The molecule has 7 nitrogen and oxygen atoms in total. The van der Waals surface area contributed by atoms with Gasteiger partial charge in [-0.1, -0.05) is 29.4 Å². The lowest BCUT2D eigenvalue weighted by Gasteiger charge is -2.12. The third kappa shape index (κ3) is 3.83. The van der Waals surface area contributed by atoms with Crippen molar-refractivity contribution in [1.29, 1.82) is 0 Å². The Morgan fingerprint density at radius 1 is 1.09 bits per heavy atom. The van der Waals surface area contributed by atoms with Crippen molar-refractivity contribution in [2.75, 3.05) is 0 Å². The summed E-state index contributed by atoms with van der Waals surface area (Å²) in [6, 6.07) is 13.8. The van der Waals surface area contributed by atoms with Crippen molar-refractivity contribution in [3.8, 4) is 0 Å². The number of hydrogen-bond donors (Lipinski definition) is 0. The number of halogens is 1. The second-order valence-corrected chi connectivity index (χ2v) is 8.66. The van der Waals surface area contributed by atoms with Gasteiger partial charge in [0, 0.05) is 23.0 Å². The van der Waals surface area contributed by atoms with Crippen LogP contribution in [0.4, 0.5) is 0 Å². The number of hydrogen-bond acceptors (Lipinski definition) is 6. The summed E-state index contributed by atoms with van der Waals surface area (Å²) in [5.41, 5.74) is 2.31. The Labute approximate surface area is 191 Å². The van der Waals surface area contributed by atoms with Crippen LogP contribution in [-0.4, -0.2) is 18.9 Å². The van der Waals surface area contributed by atoms with E-state index in [4.69, 9.17) is 16.0 Å². The van der Waals surface area contributed by atoms with Gasteiger partial charge in [0.25, 0.3) is 11.1 Å². The van der Waals surface area contributed by atoms with E-state index in [1.54, 1.807) is 41.3 Å². The van der Waals surface area contributed by atoms with Crippen molar-refractivity contribution in [2.24, 2.45) is 0 Å². The highest BCUT2D eigenvalue weighted by Crippen LogP contribution is 2.24. The number of benzene rings is 1. The number of nitrogens with zero attached hydrogens (tertiary/aromatic N) is 4. The summed E-state index contributed by atoms with van der Waals surface area (Å²) in [6.45, 7) is 2.15. The van der Waals surface area contributed by atoms with Crippen LogP contribution in [0.2, 0.25) is 5.02 Å². The molecule has 0 spiro atoms. The topological polar surface area (TPSA) is 82.4 Å². The number of rotatable bonds is 5. The van der Waals surface area contributed by atoms with E-state index >= 15 is 0 Å². The molecule has 5 rings (SSSR count). The molecule has 0 bridgehead atoms. The van der Waals surface area contributed by atoms with Crippen LogP contribution >= 0.6 is 23.4 Å². The maximum atomic E-state index is 13.2. The average Bonchev–Trinajstić information content (AvgIpc) is 3.28. The Balaban J connectivity index is 1.57. The summed E-state index contributed by atoms with van der Waals surface area (Å²) in [6.07, 6.45) is 3.26. The van der Waals surface area contributed by atoms with Crippen molar-refractivity contribution in [2.45, 2.75) is 24.4 Å². The Kier molecular flexibility index (Phi) is 5.32. The lowest BCUT2D eigenvalue weighted by atomic mass is 10.2. The summed E-state index contributed by atoms with van der Waals surface area (Å²) in [4.78, 5) is 35.1. The van der Waals surface area contributed by atoms with E-state index in [1.807, 2.05) is 25.1 Å². The van der Waals surface area contributed by atoms with Gasteiger partial charge in [0.15, 0.2) is 5.16 Å². The summed E-state index contributed by atoms with van der Waals surface area (Å²) in [5, 5.41) is 1.47. The van der Waals surface area contributed by atoms with Crippen LogP contribution in [0, 0.1) is 6.92 Å². The highest BCUT2D eigenvalue weighted by atomic mass is 35.5. The van der Waals surface area contributed by atoms with Gasteiger partial charge in [-0.25, -0.2) is 9.97 Å². The zero-order valence-corrected chi connectivity index (χ0v) is 18.6. The smallest absolute Gasteiger partial charge is 0.262 e. The highest BCUT2D eigenvalue weighted by Gasteiger charge is 2.15. The molecule has 5 aromatic rings. The molecule has 0 amide bonds. The highest BCUT2D eigenvalue weighted by molar-refractivity contribution is 7.98. The molecule has 0 N–H and O–H groups in total. The van der Waals surface area contributed by atoms with E-state index in [1.165, 1.54) is 22.2 Å². The van der Waals surface area contributed by atoms with Gasteiger partial charge in [0.2, 0.25) is 0 Å². The van der Waals surface area contributed by atoms with Gasteiger partial charge in [-0.15, -0.1) is 0 Å². The number of thioether (sulfide) groups is 1. The Hall–Kier alpha value is -3.36. The van der Waals surface area contributed by atoms with Crippen LogP contribution in [-0.2, 0) is 12.3 Å². The lowest BCUT2D eigenvalue weighted by molar-refractivity contribution is 0.476. The van der Waals surface area contributed by atoms with E-state index < -0.39 is 0 Å². The zero-order valence-electron chi connectivity index (χ0n) is 17.0. The molecule has 0 saturated heterocycles. The molecule has 1 aromatic carbocycles. The fourth-order valence-corrected chi connectivity index (χ4v) is 4.56. The number of fused-ring (bicyclic) bond motifs is 2. The SMILES string of the molecule is Cc1cccn2c(=O)cc(CSc3nc4cc(Cl)ccc4c(=O)n3Cc3ccco3)nc12. The third-order valence-corrected chi connectivity index (χ3v) is 6.31. The van der Waals surface area contributed by atoms with Crippen molar-refractivity contribution < 1.29 is 4.42 Å². The number of aromatic nitrogens is 4. The molecule has 160 valence electrons. The van der Waals surface area contributed by atoms with E-state index in [-0.39, 0.29) is 17.7 Å². The minimum absolute atomic E-state index is 0.152. The summed E-state index contributed by atoms with van der Waals surface area (Å²) in [7, 11) is 0. The van der Waals surface area contributed by atoms with Crippen LogP contribution < -0.4 is 11.1 Å². The Morgan fingerprint density at radius 3 is 2.78 bits per heavy atom. The van der Waals surface area contributed by atoms with Crippen LogP contribution in [0.3, 0.4) is 0 Å². The maximum absolute atomic E-state index is 13.2. The predicted octanol–water partition coefficient (Wildman–Crippen LogP) is 4.30. The second kappa shape index (κ2) is 8.29. The first kappa shape index (κ1) is 20.5. The first-order valence-electron chi connectivity index (χ1n) is 9.83. The molecule has 4 heterocycles. The van der Waals surface area contributed by atoms with Crippen LogP contribution in [0.1, 0.15) is 17.0 Å². The number of pyridine rings is 1. The van der Waals surface area contributed by atoms with Gasteiger partial charge in [0.1, 0.15) is 11.4 Å². The van der Waals surface area contributed by atoms with Crippen LogP contribution in [0.5, 0.6) is 0 Å². The normalized spacial score (nSPS) is 11.4. The molecule has 0 aliphatic carbocycles. The summed E-state index contributed by atoms with van der Waals surface area (Å²) < 4.78 is 8.53. The Morgan fingerprint density at radius 2 is 1.97 bits per heavy atom. The molecular weight excluding hydrogens is 448 g/mol. The van der Waals surface area contributed by atoms with E-state index in [2.05, 4.69) is 9.97 Å². The van der Waals surface area contributed by atoms with Gasteiger partial charge in [-0.05, 0) is 48.9 Å². The van der Waals surface area contributed by atoms with Crippen molar-refractivity contribution in [3.05, 3.63) is 104 Å². The largest absolute Gasteiger partial charge is 0.467 e. The molecule has 0 aliphatic rings. The second-order valence-electron chi connectivity index (χ2n) is 7.29. The zero-order chi connectivity index (χ0) is 22.2. The van der Waals surface area contributed by atoms with E-state index in [0.29, 0.717) is 43.9 Å². The van der Waals surface area contributed by atoms with Crippen LogP contribution in [0.15, 0.2) is 80.2 Å². The molecule has 0 aliphatic heterocycles. The third-order valence-electron chi connectivity index (χ3n) is 5.06. The maximum Gasteiger partial charge on any atom is 0.262 e. The first-order chi connectivity index (χ1) is 15.5. The predicted molar refractivity (Wildman–Crippen MR) is 125 cm³/mol. The molecule has 32 heavy (non-hydrogen) atoms. The molecule has 0 radical (unpaired) electrons. The van der Waals surface area contributed by atoms with Gasteiger partial charge >= 0.3 is 0 Å². The molecule has 4 aromatic heterocycles. The van der Waals surface area contributed by atoms with Gasteiger partial charge in [0.05, 0.1) is 29.4 Å². The van der Waals surface area contributed by atoms with E-state index in [0.717, 1.165) is 5.56 Å². The summed E-state index contributed by atoms with van der Waals surface area (Å²) in [5.74, 6) is 1.01. The van der Waals surface area contributed by atoms with Crippen LogP contribution in [0.25, 0.3) is 16.6 Å². The number of furan rings is 1. The average molecular weight is 465 g/mol. The van der Waals surface area contributed by atoms with E-state index in [9.17, 15) is 9.59 Å². The minimum Gasteiger partial charge on any atom is -0.467 e. The monoisotopic (exact) mass is 464 g/mol. The molecule has 0 unspecified atom stereocenters. The minimum atomic E-state index is -0.187. The molecule has 9 heteroatoms. The first-order valence-corrected chi connectivity index (χ1v) is 11.2. The molecule has 0 atom stereocenters. The van der Waals surface area contributed by atoms with Gasteiger partial charge in [-0.2, -0.15) is 0 Å². The molecule has 0 saturated carbocycles. The fourth-order valence-electron chi connectivity index (χ4n) is 3.50. The van der Waals surface area contributed by atoms with Crippen molar-refractivity contribution in [1.82, 2.24) is 18.9 Å². The fraction of sp³-hybridized carbons (Fsp3) is 0.130. The lowest BCUT2D eigenvalue weighted by Crippen LogP contribution is -2.24. The van der Waals surface area contributed by atoms with Crippen molar-refractivity contribution in [3.63, 3.8) is 0 Å². The Bertz CT molecular complexity index is 1570. The van der Waals surface area contributed by atoms with Crippen molar-refractivity contribution >= 4 is 39.9 Å². The quantitative estimate of drug-likeness (QED) is 0.285. The molecule has 0 fully saturated rings. The summed E-state index contributed by atoms with van der Waals surface area (Å²) >= 11 is 7.46. The van der Waals surface area contributed by atoms with Gasteiger partial charge < -0.3 is 4.42 Å².